The van der Waals surface area contributed by atoms with E-state index in [9.17, 15) is 37.2 Å². The van der Waals surface area contributed by atoms with E-state index in [1.54, 1.807) is 0 Å². The van der Waals surface area contributed by atoms with Crippen LogP contribution in [0.1, 0.15) is 11.6 Å². The van der Waals surface area contributed by atoms with Crippen molar-refractivity contribution >= 4 is 34.0 Å². The van der Waals surface area contributed by atoms with Crippen molar-refractivity contribution < 1.29 is 32.0 Å². The molecule has 0 amide bonds. The number of nitrogens with zero attached hydrogens (tertiary/aromatic N) is 1. The largest absolute Gasteiger partial charge is 0.502 e. The van der Waals surface area contributed by atoms with E-state index in [4.69, 9.17) is 5.73 Å². The molecule has 1 aromatic rings. The molecule has 1 atom stereocenters. The van der Waals surface area contributed by atoms with Crippen LogP contribution in [-0.2, 0) is 0 Å². The summed E-state index contributed by atoms with van der Waals surface area (Å²) in [6.07, 6.45) is -5.96. The fraction of sp³-hybridized carbons (Fsp3) is 0.333. The Labute approximate surface area is 128 Å². The fourth-order valence-corrected chi connectivity index (χ4v) is 1.82. The van der Waals surface area contributed by atoms with E-state index in [0.717, 1.165) is 6.07 Å². The molecule has 0 unspecified atom stereocenters. The summed E-state index contributed by atoms with van der Waals surface area (Å²) in [6, 6.07) is -1.58. The van der Waals surface area contributed by atoms with Gasteiger partial charge in [-0.15, -0.1) is 12.4 Å². The molecule has 5 nitrogen and oxygen atoms in total. The van der Waals surface area contributed by atoms with Crippen molar-refractivity contribution in [2.75, 3.05) is 0 Å². The number of phenolic OH excluding ortho intramolecular Hbond substituents is 1. The maximum absolute atomic E-state index is 13.1. The molecule has 0 radical (unpaired) electrons. The Morgan fingerprint density at radius 1 is 1.29 bits per heavy atom. The van der Waals surface area contributed by atoms with E-state index in [2.05, 4.69) is 15.9 Å². The van der Waals surface area contributed by atoms with Gasteiger partial charge in [-0.05, 0) is 6.07 Å². The number of hydrogen-bond acceptors (Lipinski definition) is 4. The molecule has 0 aliphatic carbocycles. The summed E-state index contributed by atoms with van der Waals surface area (Å²) in [5.74, 6) is -6.70. The van der Waals surface area contributed by atoms with Gasteiger partial charge in [-0.3, -0.25) is 10.1 Å². The van der Waals surface area contributed by atoms with E-state index in [1.807, 2.05) is 0 Å². The van der Waals surface area contributed by atoms with E-state index in [-0.39, 0.29) is 16.9 Å². The molecule has 120 valence electrons. The highest BCUT2D eigenvalue weighted by Gasteiger charge is 2.62. The first-order chi connectivity index (χ1) is 8.89. The van der Waals surface area contributed by atoms with Crippen molar-refractivity contribution in [3.05, 3.63) is 32.3 Å². The fourth-order valence-electron chi connectivity index (χ4n) is 1.35. The number of alkyl halides is 5. The van der Waals surface area contributed by atoms with Crippen LogP contribution in [-0.4, -0.2) is 22.1 Å². The van der Waals surface area contributed by atoms with Crippen molar-refractivity contribution in [1.82, 2.24) is 0 Å². The topological polar surface area (TPSA) is 89.4 Å². The lowest BCUT2D eigenvalue weighted by Gasteiger charge is -2.26. The molecular weight excluding hydrogens is 394 g/mol. The zero-order valence-corrected chi connectivity index (χ0v) is 12.1. The second-order valence-electron chi connectivity index (χ2n) is 3.72. The molecule has 0 aliphatic rings. The Bertz CT molecular complexity index is 555. The summed E-state index contributed by atoms with van der Waals surface area (Å²) in [5.41, 5.74) is 2.70. The van der Waals surface area contributed by atoms with Gasteiger partial charge in [0.25, 0.3) is 0 Å². The van der Waals surface area contributed by atoms with Crippen LogP contribution in [0.3, 0.4) is 0 Å². The van der Waals surface area contributed by atoms with Gasteiger partial charge < -0.3 is 10.8 Å². The molecule has 0 fully saturated rings. The Morgan fingerprint density at radius 2 is 1.76 bits per heavy atom. The molecule has 0 heterocycles. The first-order valence-corrected chi connectivity index (χ1v) is 5.55. The average molecular weight is 402 g/mol. The molecule has 1 rings (SSSR count). The highest BCUT2D eigenvalue weighted by molar-refractivity contribution is 9.10. The third-order valence-corrected chi connectivity index (χ3v) is 2.84. The van der Waals surface area contributed by atoms with Crippen molar-refractivity contribution in [3.63, 3.8) is 0 Å². The lowest BCUT2D eigenvalue weighted by molar-refractivity contribution is -0.386. The first-order valence-electron chi connectivity index (χ1n) is 4.76. The molecule has 21 heavy (non-hydrogen) atoms. The maximum atomic E-state index is 13.1. The van der Waals surface area contributed by atoms with Gasteiger partial charge in [0, 0.05) is 16.1 Å². The number of nitrogens with two attached hydrogens (primary N) is 1. The highest BCUT2D eigenvalue weighted by Crippen LogP contribution is 2.47. The van der Waals surface area contributed by atoms with Crippen LogP contribution in [0.2, 0.25) is 0 Å². The van der Waals surface area contributed by atoms with Gasteiger partial charge in [-0.2, -0.15) is 22.0 Å². The number of hydrogen-bond donors (Lipinski definition) is 2. The van der Waals surface area contributed by atoms with E-state index in [1.165, 1.54) is 0 Å². The van der Waals surface area contributed by atoms with Crippen LogP contribution in [0.15, 0.2) is 16.6 Å². The number of nitro groups is 1. The number of rotatable bonds is 3. The highest BCUT2D eigenvalue weighted by atomic mass is 79.9. The summed E-state index contributed by atoms with van der Waals surface area (Å²) in [7, 11) is 0. The minimum Gasteiger partial charge on any atom is -0.502 e. The summed E-state index contributed by atoms with van der Waals surface area (Å²) in [6.45, 7) is 0. The van der Waals surface area contributed by atoms with Crippen LogP contribution >= 0.6 is 28.3 Å². The number of halogens is 7. The number of benzene rings is 1. The summed E-state index contributed by atoms with van der Waals surface area (Å²) >= 11 is 2.70. The van der Waals surface area contributed by atoms with Gasteiger partial charge in [-0.1, -0.05) is 15.9 Å². The second-order valence-corrected chi connectivity index (χ2v) is 4.63. The van der Waals surface area contributed by atoms with Crippen LogP contribution in [0, 0.1) is 10.1 Å². The van der Waals surface area contributed by atoms with Gasteiger partial charge >= 0.3 is 17.8 Å². The molecule has 0 spiro atoms. The van der Waals surface area contributed by atoms with Crippen molar-refractivity contribution in [2.45, 2.75) is 18.1 Å². The third-order valence-electron chi connectivity index (χ3n) is 2.38. The summed E-state index contributed by atoms with van der Waals surface area (Å²) in [5, 5.41) is 20.0. The molecule has 3 N–H and O–H groups in total. The van der Waals surface area contributed by atoms with Gasteiger partial charge in [0.2, 0.25) is 0 Å². The molecule has 0 bridgehead atoms. The minimum absolute atomic E-state index is 0. The predicted molar refractivity (Wildman–Crippen MR) is 67.6 cm³/mol. The Morgan fingerprint density at radius 3 is 2.14 bits per heavy atom. The van der Waals surface area contributed by atoms with Crippen molar-refractivity contribution in [1.29, 1.82) is 0 Å². The zero-order chi connectivity index (χ0) is 15.9. The lowest BCUT2D eigenvalue weighted by Crippen LogP contribution is -2.45. The van der Waals surface area contributed by atoms with Gasteiger partial charge in [0.05, 0.1) is 4.92 Å². The Balaban J connectivity index is 0.00000400. The Kier molecular flexibility index (Phi) is 5.92. The van der Waals surface area contributed by atoms with Crippen LogP contribution in [0.4, 0.5) is 27.6 Å². The molecule has 12 heteroatoms. The average Bonchev–Trinajstić information content (AvgIpc) is 2.28. The number of nitro benzene ring substituents is 1. The van der Waals surface area contributed by atoms with Crippen molar-refractivity contribution in [2.24, 2.45) is 5.73 Å². The minimum atomic E-state index is -5.96. The normalized spacial score (nSPS) is 13.5. The second kappa shape index (κ2) is 6.28. The monoisotopic (exact) mass is 400 g/mol. The Hall–Kier alpha value is -1.20. The SMILES string of the molecule is Cl.N[C@@H](c1cc(Br)cc([N+](=O)[O-])c1O)C(F)(F)C(F)(F)F. The van der Waals surface area contributed by atoms with Gasteiger partial charge in [-0.25, -0.2) is 0 Å². The van der Waals surface area contributed by atoms with Crippen LogP contribution in [0.5, 0.6) is 5.75 Å². The van der Waals surface area contributed by atoms with E-state index >= 15 is 0 Å². The predicted octanol–water partition coefficient (Wildman–Crippen LogP) is 3.68. The molecule has 0 saturated heterocycles. The number of phenols is 1. The van der Waals surface area contributed by atoms with Crippen LogP contribution in [0.25, 0.3) is 0 Å². The van der Waals surface area contributed by atoms with Gasteiger partial charge in [0.1, 0.15) is 6.04 Å². The summed E-state index contributed by atoms with van der Waals surface area (Å²) < 4.78 is 62.7. The maximum Gasteiger partial charge on any atom is 0.455 e. The summed E-state index contributed by atoms with van der Waals surface area (Å²) in [4.78, 5) is 9.43. The van der Waals surface area contributed by atoms with Gasteiger partial charge in [0.15, 0.2) is 5.75 Å². The van der Waals surface area contributed by atoms with E-state index in [0.29, 0.717) is 6.07 Å². The molecule has 0 saturated carbocycles. The standard InChI is InChI=1S/C9H6BrF5N2O3.ClH/c10-3-1-4(6(18)5(2-3)17(19)20)7(16)8(11,12)9(13,14)15;/h1-2,7,18H,16H2;1H/t7-;/m0./s1. The molecular formula is C9H7BrClF5N2O3. The lowest BCUT2D eigenvalue weighted by atomic mass is 9.99. The molecule has 0 aromatic heterocycles. The van der Waals surface area contributed by atoms with E-state index < -0.39 is 40.1 Å². The first kappa shape index (κ1) is 19.8. The smallest absolute Gasteiger partial charge is 0.455 e. The molecule has 1 aromatic carbocycles. The van der Waals surface area contributed by atoms with Crippen molar-refractivity contribution in [3.8, 4) is 5.75 Å². The third kappa shape index (κ3) is 3.71. The zero-order valence-electron chi connectivity index (χ0n) is 9.70. The number of aromatic hydroxyl groups is 1. The quantitative estimate of drug-likeness (QED) is 0.459. The molecule has 0 aliphatic heterocycles. The van der Waals surface area contributed by atoms with Crippen LogP contribution < -0.4 is 5.73 Å².